The minimum absolute atomic E-state index is 0.137. The first kappa shape index (κ1) is 25.4. The normalized spacial score (nSPS) is 40.8. The number of fused-ring (bicyclic) bond motifs is 5. The highest BCUT2D eigenvalue weighted by atomic mass is 16.1. The molecule has 1 heterocycles. The number of aromatic nitrogens is 2. The van der Waals surface area contributed by atoms with Gasteiger partial charge in [-0.1, -0.05) is 41.0 Å². The van der Waals surface area contributed by atoms with Gasteiger partial charge in [-0.3, -0.25) is 14.3 Å². The molecule has 5 heteroatoms. The molecule has 0 bridgehead atoms. The highest BCUT2D eigenvalue weighted by Crippen LogP contribution is 2.67. The van der Waals surface area contributed by atoms with Crippen LogP contribution < -0.4 is 5.32 Å². The van der Waals surface area contributed by atoms with Gasteiger partial charge in [0.25, 0.3) is 5.91 Å². The minimum atomic E-state index is -0.156. The number of hydrogen-bond donors (Lipinski definition) is 1. The van der Waals surface area contributed by atoms with Crippen LogP contribution in [0.2, 0.25) is 0 Å². The van der Waals surface area contributed by atoms with Gasteiger partial charge in [-0.15, -0.1) is 0 Å². The van der Waals surface area contributed by atoms with Crippen LogP contribution in [0.3, 0.4) is 0 Å². The first-order valence-electron chi connectivity index (χ1n) is 14.0. The predicted octanol–water partition coefficient (Wildman–Crippen LogP) is 6.13. The molecule has 0 aliphatic heterocycles. The predicted molar refractivity (Wildman–Crippen MR) is 136 cm³/mol. The maximum atomic E-state index is 13.4. The SMILES string of the molecule is CC.CNC(=O)c1cnn(CC(=O)[C@H]2CCC3C4CCC5CC(C)CCC5(C)C4CCC32C)c1. The third kappa shape index (κ3) is 4.15. The Balaban J connectivity index is 0.00000133. The Morgan fingerprint density at radius 3 is 2.47 bits per heavy atom. The number of amides is 1. The summed E-state index contributed by atoms with van der Waals surface area (Å²) in [5.74, 6) is 4.49. The standard InChI is InChI=1S/C27H41N3O2.C2H6/c1-17-9-11-26(2)19(13-17)5-6-20-21-7-8-23(27(21,3)12-10-22(20)26)24(31)16-30-15-18(14-29-30)25(32)28-4;1-2/h14-15,17,19-23H,5-13,16H2,1-4H3,(H,28,32);1-2H3/t17?,19?,20?,21?,22?,23-,26?,27?;/m1./s1. The molecule has 4 aliphatic rings. The van der Waals surface area contributed by atoms with Crippen molar-refractivity contribution in [3.63, 3.8) is 0 Å². The van der Waals surface area contributed by atoms with E-state index in [1.807, 2.05) is 13.8 Å². The van der Waals surface area contributed by atoms with Gasteiger partial charge in [-0.25, -0.2) is 0 Å². The number of nitrogens with zero attached hydrogens (tertiary/aromatic N) is 2. The molecule has 0 aromatic carbocycles. The quantitative estimate of drug-likeness (QED) is 0.577. The zero-order chi connectivity index (χ0) is 24.7. The van der Waals surface area contributed by atoms with Crippen LogP contribution in [0.1, 0.15) is 103 Å². The fraction of sp³-hybridized carbons (Fsp3) is 0.828. The van der Waals surface area contributed by atoms with E-state index in [-0.39, 0.29) is 23.8 Å². The molecule has 1 N–H and O–H groups in total. The number of hydrogen-bond acceptors (Lipinski definition) is 3. The van der Waals surface area contributed by atoms with Gasteiger partial charge in [-0.2, -0.15) is 5.10 Å². The van der Waals surface area contributed by atoms with Crippen molar-refractivity contribution in [2.24, 2.45) is 46.3 Å². The second-order valence-electron chi connectivity index (χ2n) is 12.2. The van der Waals surface area contributed by atoms with Gasteiger partial charge in [0.2, 0.25) is 0 Å². The minimum Gasteiger partial charge on any atom is -0.355 e. The Bertz CT molecular complexity index is 894. The average molecular weight is 470 g/mol. The number of Topliss-reactive ketones (excluding diaryl/α,β-unsaturated/α-hetero) is 1. The molecule has 1 amide bonds. The molecule has 8 atom stereocenters. The van der Waals surface area contributed by atoms with Crippen LogP contribution in [-0.2, 0) is 11.3 Å². The molecule has 5 nitrogen and oxygen atoms in total. The Morgan fingerprint density at radius 1 is 1.03 bits per heavy atom. The molecule has 4 saturated carbocycles. The third-order valence-corrected chi connectivity index (χ3v) is 10.8. The number of rotatable bonds is 4. The van der Waals surface area contributed by atoms with E-state index in [1.54, 1.807) is 24.1 Å². The summed E-state index contributed by atoms with van der Waals surface area (Å²) in [4.78, 5) is 25.3. The summed E-state index contributed by atoms with van der Waals surface area (Å²) in [7, 11) is 1.61. The van der Waals surface area contributed by atoms with Crippen LogP contribution in [-0.4, -0.2) is 28.5 Å². The van der Waals surface area contributed by atoms with E-state index >= 15 is 0 Å². The molecule has 0 radical (unpaired) electrons. The Hall–Kier alpha value is -1.65. The van der Waals surface area contributed by atoms with E-state index in [0.717, 1.165) is 30.1 Å². The molecule has 7 unspecified atom stereocenters. The highest BCUT2D eigenvalue weighted by molar-refractivity contribution is 5.93. The molecule has 5 rings (SSSR count). The summed E-state index contributed by atoms with van der Waals surface area (Å²) in [5, 5.41) is 6.90. The van der Waals surface area contributed by atoms with Gasteiger partial charge >= 0.3 is 0 Å². The van der Waals surface area contributed by atoms with Gasteiger partial charge in [0.1, 0.15) is 0 Å². The lowest BCUT2D eigenvalue weighted by Crippen LogP contribution is -2.53. The van der Waals surface area contributed by atoms with Crippen LogP contribution in [0.25, 0.3) is 0 Å². The maximum absolute atomic E-state index is 13.4. The van der Waals surface area contributed by atoms with Gasteiger partial charge in [0, 0.05) is 19.2 Å². The lowest BCUT2D eigenvalue weighted by atomic mass is 9.44. The second-order valence-corrected chi connectivity index (χ2v) is 12.2. The topological polar surface area (TPSA) is 64.0 Å². The lowest BCUT2D eigenvalue weighted by molar-refractivity contribution is -0.137. The summed E-state index contributed by atoms with van der Waals surface area (Å²) < 4.78 is 1.66. The summed E-state index contributed by atoms with van der Waals surface area (Å²) >= 11 is 0. The molecule has 190 valence electrons. The maximum Gasteiger partial charge on any atom is 0.254 e. The van der Waals surface area contributed by atoms with E-state index < -0.39 is 0 Å². The largest absolute Gasteiger partial charge is 0.355 e. The van der Waals surface area contributed by atoms with Crippen molar-refractivity contribution < 1.29 is 9.59 Å². The van der Waals surface area contributed by atoms with Crippen LogP contribution in [0, 0.1) is 46.3 Å². The van der Waals surface area contributed by atoms with Crippen molar-refractivity contribution >= 4 is 11.7 Å². The fourth-order valence-electron chi connectivity index (χ4n) is 8.98. The molecular formula is C29H47N3O2. The van der Waals surface area contributed by atoms with Crippen molar-refractivity contribution in [1.29, 1.82) is 0 Å². The van der Waals surface area contributed by atoms with Crippen molar-refractivity contribution in [3.8, 4) is 0 Å². The Kier molecular flexibility index (Phi) is 7.32. The van der Waals surface area contributed by atoms with Crippen LogP contribution in [0.5, 0.6) is 0 Å². The fourth-order valence-corrected chi connectivity index (χ4v) is 8.98. The number of carbonyl (C=O) groups is 2. The summed E-state index contributed by atoms with van der Waals surface area (Å²) in [6.45, 7) is 11.8. The molecule has 0 saturated heterocycles. The van der Waals surface area contributed by atoms with E-state index in [9.17, 15) is 9.59 Å². The number of ketones is 1. The van der Waals surface area contributed by atoms with E-state index in [4.69, 9.17) is 0 Å². The van der Waals surface area contributed by atoms with E-state index in [0.29, 0.717) is 22.7 Å². The molecule has 4 fully saturated rings. The molecule has 34 heavy (non-hydrogen) atoms. The zero-order valence-electron chi connectivity index (χ0n) is 22.4. The summed E-state index contributed by atoms with van der Waals surface area (Å²) in [6, 6.07) is 0. The van der Waals surface area contributed by atoms with Crippen LogP contribution in [0.15, 0.2) is 12.4 Å². The van der Waals surface area contributed by atoms with Crippen LogP contribution >= 0.6 is 0 Å². The van der Waals surface area contributed by atoms with E-state index in [1.165, 1.54) is 51.4 Å². The zero-order valence-corrected chi connectivity index (χ0v) is 22.4. The van der Waals surface area contributed by atoms with Crippen LogP contribution in [0.4, 0.5) is 0 Å². The molecule has 1 aromatic rings. The first-order valence-corrected chi connectivity index (χ1v) is 14.0. The highest BCUT2D eigenvalue weighted by Gasteiger charge is 2.60. The molecule has 1 aromatic heterocycles. The van der Waals surface area contributed by atoms with E-state index in [2.05, 4.69) is 31.2 Å². The summed E-state index contributed by atoms with van der Waals surface area (Å²) in [5.41, 5.74) is 1.19. The smallest absolute Gasteiger partial charge is 0.254 e. The van der Waals surface area contributed by atoms with Crippen molar-refractivity contribution in [3.05, 3.63) is 18.0 Å². The molecular weight excluding hydrogens is 422 g/mol. The summed E-state index contributed by atoms with van der Waals surface area (Å²) in [6.07, 6.45) is 15.1. The number of carbonyl (C=O) groups excluding carboxylic acids is 2. The second kappa shape index (κ2) is 9.78. The monoisotopic (exact) mass is 469 g/mol. The average Bonchev–Trinajstić information content (AvgIpc) is 3.44. The van der Waals surface area contributed by atoms with Gasteiger partial charge in [-0.05, 0) is 91.8 Å². The van der Waals surface area contributed by atoms with Crippen molar-refractivity contribution in [1.82, 2.24) is 15.1 Å². The number of nitrogens with one attached hydrogen (secondary N) is 1. The van der Waals surface area contributed by atoms with Crippen molar-refractivity contribution in [2.75, 3.05) is 7.05 Å². The van der Waals surface area contributed by atoms with Crippen molar-refractivity contribution in [2.45, 2.75) is 99.0 Å². The lowest BCUT2D eigenvalue weighted by Gasteiger charge is -2.61. The molecule has 4 aliphatic carbocycles. The first-order chi connectivity index (χ1) is 16.3. The Morgan fingerprint density at radius 2 is 1.74 bits per heavy atom. The third-order valence-electron chi connectivity index (χ3n) is 10.8. The molecule has 0 spiro atoms. The Labute approximate surface area is 206 Å². The van der Waals surface area contributed by atoms with Gasteiger partial charge in [0.05, 0.1) is 18.3 Å². The van der Waals surface area contributed by atoms with Gasteiger partial charge < -0.3 is 5.32 Å². The van der Waals surface area contributed by atoms with Gasteiger partial charge in [0.15, 0.2) is 5.78 Å².